The van der Waals surface area contributed by atoms with Gasteiger partial charge in [-0.1, -0.05) is 19.1 Å². The van der Waals surface area contributed by atoms with Crippen molar-refractivity contribution in [3.8, 4) is 0 Å². The average molecular weight is 365 g/mol. The molecule has 1 aliphatic heterocycles. The first-order valence-corrected chi connectivity index (χ1v) is 10.2. The number of nitrogens with one attached hydrogen (secondary N) is 1. The highest BCUT2D eigenvalue weighted by atomic mass is 32.2. The lowest BCUT2D eigenvalue weighted by atomic mass is 10.2. The highest BCUT2D eigenvalue weighted by molar-refractivity contribution is 7.89. The lowest BCUT2D eigenvalue weighted by Crippen LogP contribution is -2.33. The van der Waals surface area contributed by atoms with Crippen molar-refractivity contribution in [1.29, 1.82) is 0 Å². The summed E-state index contributed by atoms with van der Waals surface area (Å²) in [6, 6.07) is 6.53. The number of sulfonamides is 1. The van der Waals surface area contributed by atoms with Gasteiger partial charge < -0.3 is 9.80 Å². The molecule has 1 amide bonds. The van der Waals surface area contributed by atoms with Crippen molar-refractivity contribution in [2.24, 2.45) is 0 Å². The van der Waals surface area contributed by atoms with Gasteiger partial charge in [0.1, 0.15) is 0 Å². The molecule has 2 rings (SSSR count). The van der Waals surface area contributed by atoms with Crippen molar-refractivity contribution in [2.75, 3.05) is 39.8 Å². The molecule has 0 bridgehead atoms. The maximum absolute atomic E-state index is 12.3. The Morgan fingerprint density at radius 1 is 1.16 bits per heavy atom. The topological polar surface area (TPSA) is 69.7 Å². The molecule has 1 saturated heterocycles. The van der Waals surface area contributed by atoms with Crippen molar-refractivity contribution >= 4 is 22.0 Å². The van der Waals surface area contributed by atoms with Crippen molar-refractivity contribution < 1.29 is 13.2 Å². The molecule has 1 N–H and O–H groups in total. The first-order valence-electron chi connectivity index (χ1n) is 8.67. The number of nitrogens with zero attached hydrogens (tertiary/aromatic N) is 2. The van der Waals surface area contributed by atoms with Crippen LogP contribution in [0.5, 0.6) is 0 Å². The van der Waals surface area contributed by atoms with Gasteiger partial charge in [0.05, 0.1) is 4.90 Å². The summed E-state index contributed by atoms with van der Waals surface area (Å²) in [5.41, 5.74) is 0.801. The van der Waals surface area contributed by atoms with Gasteiger partial charge in [0.15, 0.2) is 0 Å². The molecule has 0 aromatic heterocycles. The molecule has 0 spiro atoms. The lowest BCUT2D eigenvalue weighted by Gasteiger charge is -2.18. The van der Waals surface area contributed by atoms with E-state index in [0.29, 0.717) is 6.54 Å². The Labute approximate surface area is 150 Å². The van der Waals surface area contributed by atoms with Gasteiger partial charge in [0, 0.05) is 32.3 Å². The molecule has 1 aromatic carbocycles. The Bertz CT molecular complexity index is 699. The zero-order valence-electron chi connectivity index (χ0n) is 14.9. The fraction of sp³-hybridized carbons (Fsp3) is 0.500. The third kappa shape index (κ3) is 5.95. The zero-order chi connectivity index (χ0) is 18.3. The first kappa shape index (κ1) is 19.6. The number of amides is 1. The Balaban J connectivity index is 1.98. The van der Waals surface area contributed by atoms with Gasteiger partial charge in [-0.05, 0) is 50.2 Å². The van der Waals surface area contributed by atoms with E-state index in [2.05, 4.69) is 16.7 Å². The zero-order valence-corrected chi connectivity index (χ0v) is 15.8. The van der Waals surface area contributed by atoms with Crippen LogP contribution >= 0.6 is 0 Å². The first-order chi connectivity index (χ1) is 11.9. The summed E-state index contributed by atoms with van der Waals surface area (Å²) >= 11 is 0. The predicted octanol–water partition coefficient (Wildman–Crippen LogP) is 1.55. The maximum Gasteiger partial charge on any atom is 0.246 e. The van der Waals surface area contributed by atoms with E-state index in [1.807, 2.05) is 11.8 Å². The molecule has 7 heteroatoms. The van der Waals surface area contributed by atoms with E-state index in [9.17, 15) is 13.2 Å². The highest BCUT2D eigenvalue weighted by Gasteiger charge is 2.15. The molecule has 1 aliphatic rings. The summed E-state index contributed by atoms with van der Waals surface area (Å²) in [7, 11) is -1.39. The summed E-state index contributed by atoms with van der Waals surface area (Å²) in [4.78, 5) is 16.6. The molecular weight excluding hydrogens is 338 g/mol. The standard InChI is InChI=1S/C18H27N3O3S/c1-3-11-19-25(23,24)17-8-5-16(6-9-17)7-10-18(22)21-13-4-12-20(2)14-15-21/h5-10,19H,3-4,11-15H2,1-2H3/b10-7+. The van der Waals surface area contributed by atoms with E-state index in [1.165, 1.54) is 0 Å². The summed E-state index contributed by atoms with van der Waals surface area (Å²) in [6.07, 6.45) is 5.01. The number of rotatable bonds is 6. The molecule has 0 atom stereocenters. The molecular formula is C18H27N3O3S. The molecule has 0 aliphatic carbocycles. The van der Waals surface area contributed by atoms with Gasteiger partial charge in [-0.2, -0.15) is 0 Å². The van der Waals surface area contributed by atoms with E-state index >= 15 is 0 Å². The second kappa shape index (κ2) is 9.12. The Hall–Kier alpha value is -1.70. The van der Waals surface area contributed by atoms with E-state index in [0.717, 1.165) is 44.6 Å². The maximum atomic E-state index is 12.3. The van der Waals surface area contributed by atoms with E-state index in [-0.39, 0.29) is 10.8 Å². The molecule has 1 heterocycles. The minimum Gasteiger partial charge on any atom is -0.338 e. The summed E-state index contributed by atoms with van der Waals surface area (Å²) in [5, 5.41) is 0. The van der Waals surface area contributed by atoms with Gasteiger partial charge in [-0.3, -0.25) is 4.79 Å². The minimum atomic E-state index is -3.45. The summed E-state index contributed by atoms with van der Waals surface area (Å²) < 4.78 is 26.6. The molecule has 0 radical (unpaired) electrons. The number of carbonyl (C=O) groups is 1. The second-order valence-corrected chi connectivity index (χ2v) is 8.05. The number of hydrogen-bond acceptors (Lipinski definition) is 4. The third-order valence-electron chi connectivity index (χ3n) is 4.18. The number of likely N-dealkylation sites (N-methyl/N-ethyl adjacent to an activating group) is 1. The SMILES string of the molecule is CCCNS(=O)(=O)c1ccc(/C=C/C(=O)N2CCCN(C)CC2)cc1. The van der Waals surface area contributed by atoms with Crippen LogP contribution in [-0.4, -0.2) is 63.9 Å². The summed E-state index contributed by atoms with van der Waals surface area (Å²) in [5.74, 6) is -0.00314. The van der Waals surface area contributed by atoms with Crippen LogP contribution in [-0.2, 0) is 14.8 Å². The molecule has 25 heavy (non-hydrogen) atoms. The van der Waals surface area contributed by atoms with Crippen LogP contribution in [0.4, 0.5) is 0 Å². The van der Waals surface area contributed by atoms with Crippen LogP contribution in [0.25, 0.3) is 6.08 Å². The van der Waals surface area contributed by atoms with Crippen LogP contribution in [0.1, 0.15) is 25.3 Å². The van der Waals surface area contributed by atoms with Gasteiger partial charge in [0.2, 0.25) is 15.9 Å². The molecule has 6 nitrogen and oxygen atoms in total. The molecule has 138 valence electrons. The largest absolute Gasteiger partial charge is 0.338 e. The smallest absolute Gasteiger partial charge is 0.246 e. The van der Waals surface area contributed by atoms with Gasteiger partial charge in [0.25, 0.3) is 0 Å². The van der Waals surface area contributed by atoms with Crippen LogP contribution in [0.3, 0.4) is 0 Å². The summed E-state index contributed by atoms with van der Waals surface area (Å²) in [6.45, 7) is 5.74. The fourth-order valence-electron chi connectivity index (χ4n) is 2.62. The minimum absolute atomic E-state index is 0.00314. The molecule has 1 aromatic rings. The van der Waals surface area contributed by atoms with Crippen molar-refractivity contribution in [1.82, 2.24) is 14.5 Å². The van der Waals surface area contributed by atoms with Crippen molar-refractivity contribution in [2.45, 2.75) is 24.7 Å². The number of benzene rings is 1. The van der Waals surface area contributed by atoms with Gasteiger partial charge in [-0.25, -0.2) is 13.1 Å². The van der Waals surface area contributed by atoms with E-state index < -0.39 is 10.0 Å². The number of hydrogen-bond donors (Lipinski definition) is 1. The molecule has 0 unspecified atom stereocenters. The second-order valence-electron chi connectivity index (χ2n) is 6.28. The Morgan fingerprint density at radius 2 is 1.88 bits per heavy atom. The van der Waals surface area contributed by atoms with Crippen LogP contribution in [0, 0.1) is 0 Å². The van der Waals surface area contributed by atoms with Crippen LogP contribution < -0.4 is 4.72 Å². The predicted molar refractivity (Wildman–Crippen MR) is 99.6 cm³/mol. The number of carbonyl (C=O) groups excluding carboxylic acids is 1. The quantitative estimate of drug-likeness (QED) is 0.777. The average Bonchev–Trinajstić information content (AvgIpc) is 2.83. The van der Waals surface area contributed by atoms with Crippen LogP contribution in [0.15, 0.2) is 35.2 Å². The normalized spacial score (nSPS) is 17.0. The lowest BCUT2D eigenvalue weighted by molar-refractivity contribution is -0.125. The van der Waals surface area contributed by atoms with Crippen molar-refractivity contribution in [3.05, 3.63) is 35.9 Å². The van der Waals surface area contributed by atoms with Crippen molar-refractivity contribution in [3.63, 3.8) is 0 Å². The Kier molecular flexibility index (Phi) is 7.16. The monoisotopic (exact) mass is 365 g/mol. The van der Waals surface area contributed by atoms with Gasteiger partial charge >= 0.3 is 0 Å². The molecule has 0 saturated carbocycles. The van der Waals surface area contributed by atoms with E-state index in [1.54, 1.807) is 36.4 Å². The highest BCUT2D eigenvalue weighted by Crippen LogP contribution is 2.12. The Morgan fingerprint density at radius 3 is 2.56 bits per heavy atom. The van der Waals surface area contributed by atoms with Crippen LogP contribution in [0.2, 0.25) is 0 Å². The third-order valence-corrected chi connectivity index (χ3v) is 5.66. The molecule has 1 fully saturated rings. The fourth-order valence-corrected chi connectivity index (χ4v) is 3.75. The van der Waals surface area contributed by atoms with E-state index in [4.69, 9.17) is 0 Å². The van der Waals surface area contributed by atoms with Gasteiger partial charge in [-0.15, -0.1) is 0 Å².